The number of benzene rings is 1. The van der Waals surface area contributed by atoms with Crippen molar-refractivity contribution in [1.29, 1.82) is 0 Å². The van der Waals surface area contributed by atoms with Gasteiger partial charge in [-0.25, -0.2) is 0 Å². The molecule has 0 radical (unpaired) electrons. The van der Waals surface area contributed by atoms with Gasteiger partial charge in [-0.15, -0.1) is 11.8 Å². The molecule has 2 nitrogen and oxygen atoms in total. The molecule has 0 saturated heterocycles. The van der Waals surface area contributed by atoms with Crippen LogP contribution < -0.4 is 5.32 Å². The zero-order valence-corrected chi connectivity index (χ0v) is 9.65. The minimum atomic E-state index is -0.0536. The van der Waals surface area contributed by atoms with E-state index in [4.69, 9.17) is 0 Å². The lowest BCUT2D eigenvalue weighted by molar-refractivity contribution is -0.118. The standard InChI is InChI=1S/C12H13NOS/c1-10(14)13-8-4-6-11-5-3-7-12(9-11)15-2/h3,5,7,9H,8H2,1-2H3,(H,13,14). The third kappa shape index (κ3) is 4.57. The van der Waals surface area contributed by atoms with Gasteiger partial charge < -0.3 is 5.32 Å². The maximum Gasteiger partial charge on any atom is 0.217 e. The fourth-order valence-corrected chi connectivity index (χ4v) is 1.48. The lowest BCUT2D eigenvalue weighted by Crippen LogP contribution is -2.19. The van der Waals surface area contributed by atoms with Crippen molar-refractivity contribution in [3.05, 3.63) is 29.8 Å². The highest BCUT2D eigenvalue weighted by Gasteiger charge is 1.90. The molecule has 0 heterocycles. The molecule has 0 aliphatic rings. The Morgan fingerprint density at radius 3 is 3.00 bits per heavy atom. The van der Waals surface area contributed by atoms with E-state index in [1.54, 1.807) is 11.8 Å². The van der Waals surface area contributed by atoms with Gasteiger partial charge in [0.15, 0.2) is 0 Å². The van der Waals surface area contributed by atoms with E-state index in [2.05, 4.69) is 17.2 Å². The van der Waals surface area contributed by atoms with E-state index in [1.807, 2.05) is 30.5 Å². The van der Waals surface area contributed by atoms with Crippen LogP contribution >= 0.6 is 11.8 Å². The van der Waals surface area contributed by atoms with Gasteiger partial charge in [-0.2, -0.15) is 0 Å². The normalized spacial score (nSPS) is 8.93. The first-order chi connectivity index (χ1) is 7.22. The Labute approximate surface area is 94.5 Å². The molecule has 0 saturated carbocycles. The van der Waals surface area contributed by atoms with E-state index in [0.29, 0.717) is 6.54 Å². The summed E-state index contributed by atoms with van der Waals surface area (Å²) in [6.45, 7) is 1.88. The van der Waals surface area contributed by atoms with Gasteiger partial charge in [-0.1, -0.05) is 17.9 Å². The summed E-state index contributed by atoms with van der Waals surface area (Å²) in [5.41, 5.74) is 0.979. The molecule has 1 aromatic carbocycles. The molecule has 0 aliphatic carbocycles. The van der Waals surface area contributed by atoms with Gasteiger partial charge >= 0.3 is 0 Å². The summed E-state index contributed by atoms with van der Waals surface area (Å²) in [6, 6.07) is 8.02. The summed E-state index contributed by atoms with van der Waals surface area (Å²) in [6.07, 6.45) is 2.03. The predicted octanol–water partition coefficient (Wildman–Crippen LogP) is 1.90. The lowest BCUT2D eigenvalue weighted by Gasteiger charge is -1.95. The van der Waals surface area contributed by atoms with Crippen molar-refractivity contribution in [2.75, 3.05) is 12.8 Å². The van der Waals surface area contributed by atoms with Crippen LogP contribution in [0.2, 0.25) is 0 Å². The van der Waals surface area contributed by atoms with E-state index in [9.17, 15) is 4.79 Å². The quantitative estimate of drug-likeness (QED) is 0.608. The molecule has 0 atom stereocenters. The third-order valence-electron chi connectivity index (χ3n) is 1.73. The number of amides is 1. The molecule has 1 rings (SSSR count). The van der Waals surface area contributed by atoms with Gasteiger partial charge in [-0.05, 0) is 24.5 Å². The number of carbonyl (C=O) groups is 1. The number of rotatable bonds is 2. The number of thioether (sulfide) groups is 1. The smallest absolute Gasteiger partial charge is 0.217 e. The van der Waals surface area contributed by atoms with E-state index in [-0.39, 0.29) is 5.91 Å². The number of hydrogen-bond acceptors (Lipinski definition) is 2. The Morgan fingerprint density at radius 1 is 1.53 bits per heavy atom. The summed E-state index contributed by atoms with van der Waals surface area (Å²) >= 11 is 1.69. The van der Waals surface area contributed by atoms with Crippen LogP contribution in [-0.4, -0.2) is 18.7 Å². The predicted molar refractivity (Wildman–Crippen MR) is 63.8 cm³/mol. The van der Waals surface area contributed by atoms with Crippen LogP contribution in [0, 0.1) is 11.8 Å². The Morgan fingerprint density at radius 2 is 2.33 bits per heavy atom. The molecule has 1 amide bonds. The SMILES string of the molecule is CSc1cccc(C#CCNC(C)=O)c1. The monoisotopic (exact) mass is 219 g/mol. The summed E-state index contributed by atoms with van der Waals surface area (Å²) in [5, 5.41) is 2.63. The zero-order valence-electron chi connectivity index (χ0n) is 8.83. The van der Waals surface area contributed by atoms with E-state index >= 15 is 0 Å². The Balaban J connectivity index is 2.59. The van der Waals surface area contributed by atoms with Crippen molar-refractivity contribution < 1.29 is 4.79 Å². The lowest BCUT2D eigenvalue weighted by atomic mass is 10.2. The average molecular weight is 219 g/mol. The number of carbonyl (C=O) groups excluding carboxylic acids is 1. The molecular formula is C12H13NOS. The van der Waals surface area contributed by atoms with Crippen LogP contribution in [-0.2, 0) is 4.79 Å². The maximum absolute atomic E-state index is 10.6. The molecule has 1 N–H and O–H groups in total. The van der Waals surface area contributed by atoms with Gasteiger partial charge in [-0.3, -0.25) is 4.79 Å². The Hall–Kier alpha value is -1.40. The molecular weight excluding hydrogens is 206 g/mol. The van der Waals surface area contributed by atoms with Crippen molar-refractivity contribution in [3.63, 3.8) is 0 Å². The summed E-state index contributed by atoms with van der Waals surface area (Å²) in [7, 11) is 0. The van der Waals surface area contributed by atoms with Crippen LogP contribution in [0.5, 0.6) is 0 Å². The number of nitrogens with one attached hydrogen (secondary N) is 1. The van der Waals surface area contributed by atoms with Crippen molar-refractivity contribution in [2.45, 2.75) is 11.8 Å². The summed E-state index contributed by atoms with van der Waals surface area (Å²) in [5.74, 6) is 5.84. The van der Waals surface area contributed by atoms with Crippen LogP contribution in [0.1, 0.15) is 12.5 Å². The van der Waals surface area contributed by atoms with Crippen LogP contribution in [0.15, 0.2) is 29.2 Å². The van der Waals surface area contributed by atoms with Gasteiger partial charge in [0, 0.05) is 17.4 Å². The van der Waals surface area contributed by atoms with E-state index in [1.165, 1.54) is 11.8 Å². The largest absolute Gasteiger partial charge is 0.345 e. The van der Waals surface area contributed by atoms with E-state index < -0.39 is 0 Å². The van der Waals surface area contributed by atoms with Crippen molar-refractivity contribution in [2.24, 2.45) is 0 Å². The van der Waals surface area contributed by atoms with Gasteiger partial charge in [0.05, 0.1) is 6.54 Å². The van der Waals surface area contributed by atoms with Gasteiger partial charge in [0.1, 0.15) is 0 Å². The second-order valence-corrected chi connectivity index (χ2v) is 3.82. The molecule has 0 spiro atoms. The Kier molecular flexibility index (Phi) is 4.79. The molecule has 15 heavy (non-hydrogen) atoms. The van der Waals surface area contributed by atoms with Crippen LogP contribution in [0.3, 0.4) is 0 Å². The first-order valence-corrected chi connectivity index (χ1v) is 5.82. The first-order valence-electron chi connectivity index (χ1n) is 4.59. The molecule has 78 valence electrons. The minimum Gasteiger partial charge on any atom is -0.345 e. The second-order valence-electron chi connectivity index (χ2n) is 2.94. The molecule has 0 bridgehead atoms. The maximum atomic E-state index is 10.6. The van der Waals surface area contributed by atoms with Crippen LogP contribution in [0.25, 0.3) is 0 Å². The second kappa shape index (κ2) is 6.15. The Bertz CT molecular complexity index is 404. The molecule has 3 heteroatoms. The van der Waals surface area contributed by atoms with Gasteiger partial charge in [0.2, 0.25) is 5.91 Å². The molecule has 0 unspecified atom stereocenters. The van der Waals surface area contributed by atoms with Crippen molar-refractivity contribution in [1.82, 2.24) is 5.32 Å². The summed E-state index contributed by atoms with van der Waals surface area (Å²) < 4.78 is 0. The fourth-order valence-electron chi connectivity index (χ4n) is 1.02. The third-order valence-corrected chi connectivity index (χ3v) is 2.45. The zero-order chi connectivity index (χ0) is 11.1. The topological polar surface area (TPSA) is 29.1 Å². The van der Waals surface area contributed by atoms with Crippen LogP contribution in [0.4, 0.5) is 0 Å². The molecule has 0 aromatic heterocycles. The average Bonchev–Trinajstić information content (AvgIpc) is 2.24. The van der Waals surface area contributed by atoms with Crippen molar-refractivity contribution in [3.8, 4) is 11.8 Å². The molecule has 0 fully saturated rings. The fraction of sp³-hybridized carbons (Fsp3) is 0.250. The molecule has 1 aromatic rings. The highest BCUT2D eigenvalue weighted by molar-refractivity contribution is 7.98. The minimum absolute atomic E-state index is 0.0536. The molecule has 0 aliphatic heterocycles. The number of hydrogen-bond donors (Lipinski definition) is 1. The van der Waals surface area contributed by atoms with Crippen molar-refractivity contribution >= 4 is 17.7 Å². The highest BCUT2D eigenvalue weighted by Crippen LogP contribution is 2.14. The first kappa shape index (κ1) is 11.7. The summed E-state index contributed by atoms with van der Waals surface area (Å²) in [4.78, 5) is 11.8. The van der Waals surface area contributed by atoms with Gasteiger partial charge in [0.25, 0.3) is 0 Å². The van der Waals surface area contributed by atoms with E-state index in [0.717, 1.165) is 5.56 Å². The highest BCUT2D eigenvalue weighted by atomic mass is 32.2.